The molecule has 13 heteroatoms. The highest BCUT2D eigenvalue weighted by molar-refractivity contribution is 5.92. The van der Waals surface area contributed by atoms with Crippen molar-refractivity contribution in [3.63, 3.8) is 0 Å². The van der Waals surface area contributed by atoms with E-state index in [1.54, 1.807) is 46.5 Å². The molecule has 0 saturated heterocycles. The highest BCUT2D eigenvalue weighted by atomic mass is 16.5. The summed E-state index contributed by atoms with van der Waals surface area (Å²) in [6.07, 6.45) is 1.72. The lowest BCUT2D eigenvalue weighted by Crippen LogP contribution is -2.56. The SMILES string of the molecule is CNC(=O)C1Cc2cc(OC)c(OC)cc2CN1C(=O)C(CC(C)C)Nc1ccc2c(cc1=O)C(NC(C)=O)CCc1cc(OC)c(OC)c(OC)c1-2. The Bertz CT molecular complexity index is 1950. The topological polar surface area (TPSA) is 154 Å². The minimum atomic E-state index is -0.851. The summed E-state index contributed by atoms with van der Waals surface area (Å²) < 4.78 is 28.3. The van der Waals surface area contributed by atoms with Crippen LogP contribution < -0.4 is 45.1 Å². The first-order valence-electron chi connectivity index (χ1n) is 17.7. The maximum atomic E-state index is 14.6. The lowest BCUT2D eigenvalue weighted by molar-refractivity contribution is -0.142. The molecule has 0 bridgehead atoms. The fraction of sp³-hybridized carbons (Fsp3) is 0.450. The number of aryl methyl sites for hydroxylation is 1. The van der Waals surface area contributed by atoms with Crippen LogP contribution in [0.5, 0.6) is 28.7 Å². The molecule has 53 heavy (non-hydrogen) atoms. The van der Waals surface area contributed by atoms with Gasteiger partial charge in [0.1, 0.15) is 12.1 Å². The number of rotatable bonds is 12. The number of amides is 3. The maximum absolute atomic E-state index is 14.6. The van der Waals surface area contributed by atoms with Crippen molar-refractivity contribution in [3.8, 4) is 39.9 Å². The van der Waals surface area contributed by atoms with Gasteiger partial charge >= 0.3 is 0 Å². The summed E-state index contributed by atoms with van der Waals surface area (Å²) in [4.78, 5) is 56.1. The Morgan fingerprint density at radius 2 is 1.49 bits per heavy atom. The number of fused-ring (bicyclic) bond motifs is 4. The van der Waals surface area contributed by atoms with Crippen molar-refractivity contribution in [2.75, 3.05) is 47.9 Å². The Balaban J connectivity index is 1.62. The Hall–Kier alpha value is -5.46. The quantitative estimate of drug-likeness (QED) is 0.244. The summed E-state index contributed by atoms with van der Waals surface area (Å²) in [6, 6.07) is 8.44. The van der Waals surface area contributed by atoms with E-state index in [1.807, 2.05) is 38.1 Å². The number of benzene rings is 2. The molecular weight excluding hydrogens is 680 g/mol. The normalized spacial score (nSPS) is 16.5. The van der Waals surface area contributed by atoms with E-state index in [4.69, 9.17) is 23.7 Å². The molecule has 0 fully saturated rings. The summed E-state index contributed by atoms with van der Waals surface area (Å²) in [5, 5.41) is 9.02. The predicted octanol–water partition coefficient (Wildman–Crippen LogP) is 4.41. The molecule has 0 aromatic heterocycles. The van der Waals surface area contributed by atoms with E-state index in [0.29, 0.717) is 59.1 Å². The summed E-state index contributed by atoms with van der Waals surface area (Å²) in [7, 11) is 9.27. The van der Waals surface area contributed by atoms with Crippen LogP contribution in [0.15, 0.2) is 41.2 Å². The van der Waals surface area contributed by atoms with Gasteiger partial charge in [-0.25, -0.2) is 0 Å². The second-order valence-electron chi connectivity index (χ2n) is 13.7. The molecule has 0 saturated carbocycles. The largest absolute Gasteiger partial charge is 0.493 e. The standard InChI is InChI=1S/C40H50N4O9/c1-21(2)14-30(40(48)44-20-25-18-34(50-6)33(49-5)17-24(25)15-31(44)39(47)41-4)43-29-13-11-26-27(19-32(29)46)28(42-22(3)45)12-10-23-16-35(51-7)37(52-8)38(53-9)36(23)26/h11,13,16-19,21,28,30-31H,10,12,14-15,20H2,1-9H3,(H,41,47)(H,42,45)(H,43,46). The van der Waals surface area contributed by atoms with Crippen molar-refractivity contribution in [2.45, 2.75) is 71.1 Å². The summed E-state index contributed by atoms with van der Waals surface area (Å²) in [6.45, 7) is 5.59. The van der Waals surface area contributed by atoms with Crippen LogP contribution in [0.3, 0.4) is 0 Å². The van der Waals surface area contributed by atoms with Gasteiger partial charge in [-0.05, 0) is 83.3 Å². The number of hydrogen-bond donors (Lipinski definition) is 3. The zero-order chi connectivity index (χ0) is 38.6. The molecule has 1 aliphatic heterocycles. The van der Waals surface area contributed by atoms with Crippen LogP contribution in [0, 0.1) is 5.92 Å². The second-order valence-corrected chi connectivity index (χ2v) is 13.7. The molecule has 3 atom stereocenters. The molecule has 3 amide bonds. The molecule has 2 aliphatic rings. The van der Waals surface area contributed by atoms with Crippen LogP contribution in [0.4, 0.5) is 5.69 Å². The first-order valence-corrected chi connectivity index (χ1v) is 17.7. The Morgan fingerprint density at radius 1 is 0.849 bits per heavy atom. The van der Waals surface area contributed by atoms with Gasteiger partial charge in [0.25, 0.3) is 0 Å². The van der Waals surface area contributed by atoms with E-state index in [1.165, 1.54) is 20.1 Å². The Labute approximate surface area is 310 Å². The minimum absolute atomic E-state index is 0.0587. The van der Waals surface area contributed by atoms with Gasteiger partial charge < -0.3 is 44.5 Å². The second kappa shape index (κ2) is 16.5. The van der Waals surface area contributed by atoms with Gasteiger partial charge in [-0.15, -0.1) is 0 Å². The zero-order valence-electron chi connectivity index (χ0n) is 31.9. The van der Waals surface area contributed by atoms with Crippen LogP contribution in [0.1, 0.15) is 61.9 Å². The number of anilines is 1. The zero-order valence-corrected chi connectivity index (χ0v) is 31.9. The number of ether oxygens (including phenoxy) is 5. The van der Waals surface area contributed by atoms with E-state index in [0.717, 1.165) is 22.3 Å². The number of nitrogens with zero attached hydrogens (tertiary/aromatic N) is 1. The van der Waals surface area contributed by atoms with Crippen LogP contribution >= 0.6 is 0 Å². The van der Waals surface area contributed by atoms with E-state index >= 15 is 0 Å². The molecule has 3 aromatic carbocycles. The molecule has 284 valence electrons. The molecule has 5 rings (SSSR count). The van der Waals surface area contributed by atoms with Gasteiger partial charge in [-0.3, -0.25) is 19.2 Å². The molecule has 3 N–H and O–H groups in total. The number of methoxy groups -OCH3 is 5. The number of likely N-dealkylation sites (N-methyl/N-ethyl adjacent to an activating group) is 1. The molecule has 13 nitrogen and oxygen atoms in total. The van der Waals surface area contributed by atoms with Gasteiger partial charge in [-0.2, -0.15) is 0 Å². The third-order valence-electron chi connectivity index (χ3n) is 9.92. The lowest BCUT2D eigenvalue weighted by atomic mass is 9.91. The molecule has 1 heterocycles. The maximum Gasteiger partial charge on any atom is 0.246 e. The highest BCUT2D eigenvalue weighted by Gasteiger charge is 2.38. The van der Waals surface area contributed by atoms with Gasteiger partial charge in [0.05, 0.1) is 47.3 Å². The van der Waals surface area contributed by atoms with Crippen LogP contribution in [-0.2, 0) is 33.8 Å². The van der Waals surface area contributed by atoms with Gasteiger partial charge in [0, 0.05) is 32.5 Å². The van der Waals surface area contributed by atoms with Crippen LogP contribution in [0.25, 0.3) is 11.1 Å². The van der Waals surface area contributed by atoms with Crippen molar-refractivity contribution in [1.29, 1.82) is 0 Å². The number of nitrogens with one attached hydrogen (secondary N) is 3. The lowest BCUT2D eigenvalue weighted by Gasteiger charge is -2.38. The average molecular weight is 731 g/mol. The number of carbonyl (C=O) groups is 3. The number of hydrogen-bond acceptors (Lipinski definition) is 10. The van der Waals surface area contributed by atoms with Crippen molar-refractivity contribution in [2.24, 2.45) is 5.92 Å². The Morgan fingerprint density at radius 3 is 2.08 bits per heavy atom. The minimum Gasteiger partial charge on any atom is -0.493 e. The van der Waals surface area contributed by atoms with Gasteiger partial charge in [0.2, 0.25) is 28.9 Å². The van der Waals surface area contributed by atoms with Crippen molar-refractivity contribution in [3.05, 3.63) is 68.9 Å². The van der Waals surface area contributed by atoms with Gasteiger partial charge in [0.15, 0.2) is 23.0 Å². The van der Waals surface area contributed by atoms with E-state index in [-0.39, 0.29) is 47.7 Å². The first kappa shape index (κ1) is 38.8. The van der Waals surface area contributed by atoms with Crippen molar-refractivity contribution in [1.82, 2.24) is 15.5 Å². The molecular formula is C40H50N4O9. The monoisotopic (exact) mass is 730 g/mol. The molecule has 0 spiro atoms. The molecule has 1 aliphatic carbocycles. The summed E-state index contributed by atoms with van der Waals surface area (Å²) >= 11 is 0. The molecule has 0 radical (unpaired) electrons. The van der Waals surface area contributed by atoms with Crippen LogP contribution in [0.2, 0.25) is 0 Å². The fourth-order valence-electron chi connectivity index (χ4n) is 7.45. The Kier molecular flexibility index (Phi) is 12.0. The summed E-state index contributed by atoms with van der Waals surface area (Å²) in [5.74, 6) is 1.60. The molecule has 3 aromatic rings. The molecule has 3 unspecified atom stereocenters. The third kappa shape index (κ3) is 7.84. The fourth-order valence-corrected chi connectivity index (χ4v) is 7.45. The van der Waals surface area contributed by atoms with E-state index in [2.05, 4.69) is 16.0 Å². The van der Waals surface area contributed by atoms with Crippen molar-refractivity contribution < 1.29 is 38.1 Å². The van der Waals surface area contributed by atoms with E-state index < -0.39 is 18.1 Å². The smallest absolute Gasteiger partial charge is 0.246 e. The van der Waals surface area contributed by atoms with Crippen molar-refractivity contribution >= 4 is 23.4 Å². The van der Waals surface area contributed by atoms with Gasteiger partial charge in [-0.1, -0.05) is 19.9 Å². The average Bonchev–Trinajstić information content (AvgIpc) is 3.39. The third-order valence-corrected chi connectivity index (χ3v) is 9.92. The predicted molar refractivity (Wildman–Crippen MR) is 201 cm³/mol. The van der Waals surface area contributed by atoms with Crippen LogP contribution in [-0.4, -0.2) is 77.3 Å². The summed E-state index contributed by atoms with van der Waals surface area (Å²) in [5.41, 5.74) is 4.43. The number of carbonyl (C=O) groups excluding carboxylic acids is 3. The first-order chi connectivity index (χ1) is 25.4. The van der Waals surface area contributed by atoms with E-state index in [9.17, 15) is 19.2 Å². The highest BCUT2D eigenvalue weighted by Crippen LogP contribution is 2.50.